The lowest BCUT2D eigenvalue weighted by Gasteiger charge is -2.49. The number of fused-ring (bicyclic) bond motifs is 4. The molecule has 52 heavy (non-hydrogen) atoms. The largest absolute Gasteiger partial charge is 0.497 e. The van der Waals surface area contributed by atoms with Gasteiger partial charge < -0.3 is 14.3 Å². The van der Waals surface area contributed by atoms with Crippen molar-refractivity contribution >= 4 is 64.3 Å². The molecule has 2 aliphatic carbocycles. The number of aliphatic hydroxyl groups excluding tert-OH is 1. The van der Waals surface area contributed by atoms with E-state index in [1.807, 2.05) is 6.08 Å². The van der Waals surface area contributed by atoms with Gasteiger partial charge in [0.1, 0.15) is 29.3 Å². The molecule has 264 valence electrons. The molecule has 2 saturated heterocycles. The molecular weight excluding hydrogens is 705 g/mol. The number of amides is 4. The van der Waals surface area contributed by atoms with Gasteiger partial charge in [0, 0.05) is 5.02 Å². The molecule has 3 heterocycles. The SMILES string of the molecule is C=Cc1ccc(N2C(=O)C3CC=C4C(CC5C(=O)N(Nc6ccc(Cl)cc6Cl)C(=O)C5(c5ccc(OC)cc5)C4c4ccc(CO)o4)C3C2=O)cc1. The molecule has 0 bridgehead atoms. The fourth-order valence-corrected chi connectivity index (χ4v) is 9.25. The van der Waals surface area contributed by atoms with Crippen LogP contribution in [0.2, 0.25) is 10.0 Å². The van der Waals surface area contributed by atoms with Crippen molar-refractivity contribution in [3.05, 3.63) is 130 Å². The minimum atomic E-state index is -1.57. The zero-order valence-corrected chi connectivity index (χ0v) is 29.4. The molecule has 0 spiro atoms. The van der Waals surface area contributed by atoms with E-state index in [1.165, 1.54) is 18.1 Å². The first-order chi connectivity index (χ1) is 25.1. The molecule has 1 aromatic heterocycles. The number of hydrogen-bond donors (Lipinski definition) is 2. The molecule has 2 N–H and O–H groups in total. The lowest BCUT2D eigenvalue weighted by molar-refractivity contribution is -0.138. The quantitative estimate of drug-likeness (QED) is 0.147. The number of hydrazine groups is 1. The van der Waals surface area contributed by atoms with Crippen LogP contribution in [-0.2, 0) is 31.2 Å². The van der Waals surface area contributed by atoms with Crippen LogP contribution in [0, 0.1) is 23.7 Å². The summed E-state index contributed by atoms with van der Waals surface area (Å²) in [4.78, 5) is 59.8. The van der Waals surface area contributed by atoms with Gasteiger partial charge in [-0.2, -0.15) is 5.01 Å². The number of benzene rings is 3. The molecular formula is C40H33Cl2N3O7. The molecule has 6 unspecified atom stereocenters. The highest BCUT2D eigenvalue weighted by Gasteiger charge is 2.71. The molecule has 2 aliphatic heterocycles. The van der Waals surface area contributed by atoms with Crippen molar-refractivity contribution in [1.29, 1.82) is 0 Å². The van der Waals surface area contributed by atoms with E-state index in [-0.39, 0.29) is 42.0 Å². The monoisotopic (exact) mass is 737 g/mol. The molecule has 6 atom stereocenters. The van der Waals surface area contributed by atoms with Crippen LogP contribution in [0.4, 0.5) is 11.4 Å². The van der Waals surface area contributed by atoms with Crippen LogP contribution in [0.3, 0.4) is 0 Å². The van der Waals surface area contributed by atoms with E-state index in [9.17, 15) is 19.5 Å². The van der Waals surface area contributed by atoms with Gasteiger partial charge in [0.05, 0.1) is 47.2 Å². The Balaban J connectivity index is 1.30. The van der Waals surface area contributed by atoms with Crippen molar-refractivity contribution in [1.82, 2.24) is 5.01 Å². The summed E-state index contributed by atoms with van der Waals surface area (Å²) < 4.78 is 11.7. The number of anilines is 2. The van der Waals surface area contributed by atoms with Crippen molar-refractivity contribution in [3.8, 4) is 5.75 Å². The first-order valence-electron chi connectivity index (χ1n) is 16.9. The molecule has 8 rings (SSSR count). The molecule has 4 aliphatic rings. The third-order valence-corrected chi connectivity index (χ3v) is 11.6. The van der Waals surface area contributed by atoms with Gasteiger partial charge in [0.15, 0.2) is 0 Å². The smallest absolute Gasteiger partial charge is 0.260 e. The van der Waals surface area contributed by atoms with Crippen LogP contribution < -0.4 is 15.1 Å². The van der Waals surface area contributed by atoms with E-state index < -0.39 is 46.8 Å². The van der Waals surface area contributed by atoms with E-state index in [2.05, 4.69) is 12.0 Å². The summed E-state index contributed by atoms with van der Waals surface area (Å²) in [6.45, 7) is 3.40. The number of carbonyl (C=O) groups is 4. The van der Waals surface area contributed by atoms with Crippen LogP contribution in [0.25, 0.3) is 6.08 Å². The Hall–Kier alpha value is -5.16. The number of aliphatic hydroxyl groups is 1. The third kappa shape index (κ3) is 4.96. The molecule has 4 aromatic rings. The van der Waals surface area contributed by atoms with Gasteiger partial charge in [0.2, 0.25) is 11.8 Å². The second-order valence-electron chi connectivity index (χ2n) is 13.5. The number of methoxy groups -OCH3 is 1. The second kappa shape index (κ2) is 12.8. The number of nitrogens with zero attached hydrogens (tertiary/aromatic N) is 2. The average Bonchev–Trinajstić information content (AvgIpc) is 3.80. The second-order valence-corrected chi connectivity index (χ2v) is 14.3. The number of rotatable bonds is 8. The van der Waals surface area contributed by atoms with Gasteiger partial charge in [-0.15, -0.1) is 0 Å². The first kappa shape index (κ1) is 34.0. The zero-order valence-electron chi connectivity index (χ0n) is 27.9. The third-order valence-electron chi connectivity index (χ3n) is 11.1. The number of carbonyl (C=O) groups excluding carboxylic acids is 4. The summed E-state index contributed by atoms with van der Waals surface area (Å²) in [6, 6.07) is 22.0. The standard InChI is InChI=1S/C40H33Cl2N3O7/c1-3-21-4-9-24(10-5-21)44-36(47)28-15-14-27-29(34(28)38(44)49)19-30-37(48)45(43-32-16-8-23(41)18-31(32)42)39(50)40(30,22-6-11-25(51-2)12-7-22)35(27)33-17-13-26(20-46)52-33/h3-14,16-18,28-30,34-35,43,46H,1,15,19-20H2,2H3. The molecule has 1 saturated carbocycles. The lowest BCUT2D eigenvalue weighted by Crippen LogP contribution is -2.53. The van der Waals surface area contributed by atoms with E-state index in [1.54, 1.807) is 78.9 Å². The summed E-state index contributed by atoms with van der Waals surface area (Å²) in [5, 5.41) is 11.6. The highest BCUT2D eigenvalue weighted by Crippen LogP contribution is 2.64. The Morgan fingerprint density at radius 3 is 2.37 bits per heavy atom. The number of allylic oxidation sites excluding steroid dienone is 2. The number of nitrogens with one attached hydrogen (secondary N) is 1. The van der Waals surface area contributed by atoms with Gasteiger partial charge in [-0.05, 0) is 84.5 Å². The van der Waals surface area contributed by atoms with Crippen molar-refractivity contribution in [2.24, 2.45) is 23.7 Å². The Labute approximate surface area is 309 Å². The van der Waals surface area contributed by atoms with Crippen molar-refractivity contribution in [3.63, 3.8) is 0 Å². The molecule has 3 fully saturated rings. The predicted octanol–water partition coefficient (Wildman–Crippen LogP) is 6.92. The van der Waals surface area contributed by atoms with Gasteiger partial charge in [-0.3, -0.25) is 29.5 Å². The van der Waals surface area contributed by atoms with Crippen LogP contribution in [0.15, 0.2) is 102 Å². The van der Waals surface area contributed by atoms with E-state index in [0.717, 1.165) is 16.1 Å². The first-order valence-corrected chi connectivity index (χ1v) is 17.6. The van der Waals surface area contributed by atoms with Crippen LogP contribution in [0.5, 0.6) is 5.75 Å². The summed E-state index contributed by atoms with van der Waals surface area (Å²) in [6.07, 6.45) is 3.97. The minimum absolute atomic E-state index is 0.0997. The summed E-state index contributed by atoms with van der Waals surface area (Å²) in [5.74, 6) is -4.51. The van der Waals surface area contributed by atoms with E-state index in [0.29, 0.717) is 33.5 Å². The number of halogens is 2. The molecule has 0 radical (unpaired) electrons. The predicted molar refractivity (Wildman–Crippen MR) is 194 cm³/mol. The zero-order chi connectivity index (χ0) is 36.5. The minimum Gasteiger partial charge on any atom is -0.497 e. The Bertz CT molecular complexity index is 2180. The van der Waals surface area contributed by atoms with Crippen molar-refractivity contribution in [2.45, 2.75) is 30.8 Å². The highest BCUT2D eigenvalue weighted by atomic mass is 35.5. The molecule has 10 nitrogen and oxygen atoms in total. The van der Waals surface area contributed by atoms with Gasteiger partial charge in [-0.25, -0.2) is 0 Å². The Kier molecular flexibility index (Phi) is 8.36. The van der Waals surface area contributed by atoms with E-state index in [4.69, 9.17) is 32.4 Å². The Morgan fingerprint density at radius 1 is 0.962 bits per heavy atom. The number of imide groups is 2. The van der Waals surface area contributed by atoms with Crippen molar-refractivity contribution in [2.75, 3.05) is 17.4 Å². The van der Waals surface area contributed by atoms with Crippen LogP contribution in [0.1, 0.15) is 41.4 Å². The average molecular weight is 739 g/mol. The molecule has 3 aromatic carbocycles. The van der Waals surface area contributed by atoms with Gasteiger partial charge in [-0.1, -0.05) is 71.8 Å². The fraction of sp³-hybridized carbons (Fsp3) is 0.250. The summed E-state index contributed by atoms with van der Waals surface area (Å²) in [7, 11) is 1.54. The Morgan fingerprint density at radius 2 is 1.71 bits per heavy atom. The maximum Gasteiger partial charge on any atom is 0.260 e. The molecule has 4 amide bonds. The van der Waals surface area contributed by atoms with E-state index >= 15 is 4.79 Å². The van der Waals surface area contributed by atoms with Crippen LogP contribution >= 0.6 is 23.2 Å². The molecule has 12 heteroatoms. The summed E-state index contributed by atoms with van der Waals surface area (Å²) in [5.41, 5.74) is 4.26. The summed E-state index contributed by atoms with van der Waals surface area (Å²) >= 11 is 12.7. The highest BCUT2D eigenvalue weighted by molar-refractivity contribution is 6.36. The number of furan rings is 1. The maximum atomic E-state index is 15.3. The number of ether oxygens (including phenoxy) is 1. The fourth-order valence-electron chi connectivity index (χ4n) is 8.80. The topological polar surface area (TPSA) is 129 Å². The maximum absolute atomic E-state index is 15.3. The van der Waals surface area contributed by atoms with Crippen LogP contribution in [-0.4, -0.2) is 40.9 Å². The lowest BCUT2D eigenvalue weighted by atomic mass is 9.50. The van der Waals surface area contributed by atoms with Gasteiger partial charge in [0.25, 0.3) is 11.8 Å². The number of hydrogen-bond acceptors (Lipinski definition) is 8. The normalized spacial score (nSPS) is 26.5. The van der Waals surface area contributed by atoms with Crippen molar-refractivity contribution < 1.29 is 33.4 Å². The van der Waals surface area contributed by atoms with Gasteiger partial charge >= 0.3 is 0 Å².